The third-order valence-corrected chi connectivity index (χ3v) is 4.01. The van der Waals surface area contributed by atoms with Gasteiger partial charge in [0.25, 0.3) is 5.91 Å². The standard InChI is InChI=1S/C20H19N3O3/c1-13(24)21-15-10-8-14(9-11-15)19-12-17(20(25)23(2)26-3)16-6-4-5-7-18(16)22-19/h4-12H,1-3H3,(H,21,24). The van der Waals surface area contributed by atoms with Gasteiger partial charge in [-0.25, -0.2) is 10.0 Å². The highest BCUT2D eigenvalue weighted by Gasteiger charge is 2.17. The predicted molar refractivity (Wildman–Crippen MR) is 101 cm³/mol. The molecular formula is C20H19N3O3. The summed E-state index contributed by atoms with van der Waals surface area (Å²) in [5.74, 6) is -0.376. The topological polar surface area (TPSA) is 71.5 Å². The Balaban J connectivity index is 2.09. The fourth-order valence-corrected chi connectivity index (χ4v) is 2.68. The number of benzene rings is 2. The lowest BCUT2D eigenvalue weighted by Crippen LogP contribution is -2.25. The Hall–Kier alpha value is -3.25. The summed E-state index contributed by atoms with van der Waals surface area (Å²) in [6, 6.07) is 16.6. The molecule has 0 unspecified atom stereocenters. The van der Waals surface area contributed by atoms with Crippen molar-refractivity contribution in [1.29, 1.82) is 0 Å². The number of pyridine rings is 1. The first-order chi connectivity index (χ1) is 12.5. The summed E-state index contributed by atoms with van der Waals surface area (Å²) in [6.07, 6.45) is 0. The average Bonchev–Trinajstić information content (AvgIpc) is 2.66. The minimum absolute atomic E-state index is 0.128. The zero-order chi connectivity index (χ0) is 18.7. The maximum Gasteiger partial charge on any atom is 0.277 e. The normalized spacial score (nSPS) is 10.6. The van der Waals surface area contributed by atoms with Crippen molar-refractivity contribution < 1.29 is 14.4 Å². The molecule has 2 aromatic carbocycles. The smallest absolute Gasteiger partial charge is 0.277 e. The summed E-state index contributed by atoms with van der Waals surface area (Å²) in [5.41, 5.74) is 3.46. The van der Waals surface area contributed by atoms with E-state index in [1.165, 1.54) is 19.1 Å². The summed E-state index contributed by atoms with van der Waals surface area (Å²) in [7, 11) is 3.02. The third kappa shape index (κ3) is 3.55. The fourth-order valence-electron chi connectivity index (χ4n) is 2.68. The van der Waals surface area contributed by atoms with Crippen LogP contribution in [0.15, 0.2) is 54.6 Å². The molecule has 0 fully saturated rings. The minimum atomic E-state index is -0.248. The fraction of sp³-hybridized carbons (Fsp3) is 0.150. The Morgan fingerprint density at radius 3 is 2.42 bits per heavy atom. The van der Waals surface area contributed by atoms with Crippen LogP contribution in [0.25, 0.3) is 22.2 Å². The number of fused-ring (bicyclic) bond motifs is 1. The largest absolute Gasteiger partial charge is 0.326 e. The molecule has 3 aromatic rings. The number of nitrogens with one attached hydrogen (secondary N) is 1. The highest BCUT2D eigenvalue weighted by Crippen LogP contribution is 2.26. The van der Waals surface area contributed by atoms with Gasteiger partial charge in [-0.2, -0.15) is 0 Å². The van der Waals surface area contributed by atoms with Crippen LogP contribution >= 0.6 is 0 Å². The van der Waals surface area contributed by atoms with E-state index in [1.54, 1.807) is 25.2 Å². The Labute approximate surface area is 151 Å². The van der Waals surface area contributed by atoms with E-state index in [4.69, 9.17) is 4.84 Å². The lowest BCUT2D eigenvalue weighted by molar-refractivity contribution is -0.114. The van der Waals surface area contributed by atoms with Crippen LogP contribution in [0, 0.1) is 0 Å². The zero-order valence-electron chi connectivity index (χ0n) is 14.8. The lowest BCUT2D eigenvalue weighted by Gasteiger charge is -2.16. The molecule has 0 bridgehead atoms. The van der Waals surface area contributed by atoms with Gasteiger partial charge in [0.05, 0.1) is 23.9 Å². The van der Waals surface area contributed by atoms with Gasteiger partial charge in [-0.05, 0) is 24.3 Å². The first-order valence-electron chi connectivity index (χ1n) is 8.09. The van der Waals surface area contributed by atoms with Crippen molar-refractivity contribution >= 4 is 28.4 Å². The van der Waals surface area contributed by atoms with Gasteiger partial charge in [-0.3, -0.25) is 14.4 Å². The van der Waals surface area contributed by atoms with Crippen LogP contribution in [-0.2, 0) is 9.63 Å². The number of para-hydroxylation sites is 1. The quantitative estimate of drug-likeness (QED) is 0.732. The number of rotatable bonds is 4. The second kappa shape index (κ2) is 7.33. The molecule has 0 aliphatic rings. The van der Waals surface area contributed by atoms with Crippen molar-refractivity contribution in [2.24, 2.45) is 0 Å². The van der Waals surface area contributed by atoms with Crippen LogP contribution in [0.4, 0.5) is 5.69 Å². The Morgan fingerprint density at radius 2 is 1.77 bits per heavy atom. The van der Waals surface area contributed by atoms with E-state index in [0.29, 0.717) is 16.9 Å². The van der Waals surface area contributed by atoms with Crippen LogP contribution in [0.3, 0.4) is 0 Å². The molecule has 0 spiro atoms. The van der Waals surface area contributed by atoms with Crippen LogP contribution in [0.1, 0.15) is 17.3 Å². The van der Waals surface area contributed by atoms with Crippen LogP contribution in [-0.4, -0.2) is 36.0 Å². The zero-order valence-corrected chi connectivity index (χ0v) is 14.8. The van der Waals surface area contributed by atoms with Gasteiger partial charge >= 0.3 is 0 Å². The molecule has 0 aliphatic carbocycles. The Kier molecular flexibility index (Phi) is 4.95. The maximum atomic E-state index is 12.7. The highest BCUT2D eigenvalue weighted by atomic mass is 16.7. The van der Waals surface area contributed by atoms with Crippen LogP contribution in [0.2, 0.25) is 0 Å². The molecule has 26 heavy (non-hydrogen) atoms. The second-order valence-corrected chi connectivity index (χ2v) is 5.82. The predicted octanol–water partition coefficient (Wildman–Crippen LogP) is 3.49. The monoisotopic (exact) mass is 349 g/mol. The van der Waals surface area contributed by atoms with E-state index < -0.39 is 0 Å². The van der Waals surface area contributed by atoms with Gasteiger partial charge in [0, 0.05) is 30.6 Å². The van der Waals surface area contributed by atoms with Gasteiger partial charge in [0.15, 0.2) is 0 Å². The minimum Gasteiger partial charge on any atom is -0.326 e. The van der Waals surface area contributed by atoms with Crippen molar-refractivity contribution in [3.05, 3.63) is 60.2 Å². The molecule has 2 amide bonds. The van der Waals surface area contributed by atoms with Gasteiger partial charge < -0.3 is 5.32 Å². The van der Waals surface area contributed by atoms with Crippen molar-refractivity contribution in [1.82, 2.24) is 10.0 Å². The lowest BCUT2D eigenvalue weighted by atomic mass is 10.0. The van der Waals surface area contributed by atoms with E-state index >= 15 is 0 Å². The molecule has 0 saturated carbocycles. The van der Waals surface area contributed by atoms with Gasteiger partial charge in [-0.15, -0.1) is 0 Å². The summed E-state index contributed by atoms with van der Waals surface area (Å²) in [5, 5.41) is 4.68. The molecule has 6 nitrogen and oxygen atoms in total. The molecular weight excluding hydrogens is 330 g/mol. The first-order valence-corrected chi connectivity index (χ1v) is 8.09. The van der Waals surface area contributed by atoms with E-state index in [-0.39, 0.29) is 11.8 Å². The van der Waals surface area contributed by atoms with Crippen molar-refractivity contribution in [3.63, 3.8) is 0 Å². The summed E-state index contributed by atoms with van der Waals surface area (Å²) in [6.45, 7) is 1.46. The van der Waals surface area contributed by atoms with Crippen molar-refractivity contribution in [2.75, 3.05) is 19.5 Å². The number of amides is 2. The van der Waals surface area contributed by atoms with Crippen molar-refractivity contribution in [2.45, 2.75) is 6.92 Å². The van der Waals surface area contributed by atoms with Gasteiger partial charge in [0.1, 0.15) is 0 Å². The van der Waals surface area contributed by atoms with E-state index in [9.17, 15) is 9.59 Å². The number of carbonyl (C=O) groups is 2. The summed E-state index contributed by atoms with van der Waals surface area (Å²) in [4.78, 5) is 33.5. The number of hydrogen-bond donors (Lipinski definition) is 1. The molecule has 3 rings (SSSR count). The second-order valence-electron chi connectivity index (χ2n) is 5.82. The molecule has 0 saturated heterocycles. The Morgan fingerprint density at radius 1 is 1.08 bits per heavy atom. The Bertz CT molecular complexity index is 968. The molecule has 0 atom stereocenters. The SMILES string of the molecule is CON(C)C(=O)c1cc(-c2ccc(NC(C)=O)cc2)nc2ccccc12. The molecule has 6 heteroatoms. The third-order valence-electron chi connectivity index (χ3n) is 4.01. The van der Waals surface area contributed by atoms with E-state index in [0.717, 1.165) is 16.5 Å². The number of nitrogens with zero attached hydrogens (tertiary/aromatic N) is 2. The molecule has 132 valence electrons. The van der Waals surface area contributed by atoms with Gasteiger partial charge in [0.2, 0.25) is 5.91 Å². The maximum absolute atomic E-state index is 12.7. The molecule has 1 aromatic heterocycles. The first kappa shape index (κ1) is 17.6. The number of carbonyl (C=O) groups excluding carboxylic acids is 2. The number of hydrogen-bond acceptors (Lipinski definition) is 4. The van der Waals surface area contributed by atoms with Gasteiger partial charge in [-0.1, -0.05) is 30.3 Å². The summed E-state index contributed by atoms with van der Waals surface area (Å²) >= 11 is 0. The van der Waals surface area contributed by atoms with Crippen LogP contribution < -0.4 is 5.32 Å². The van der Waals surface area contributed by atoms with Crippen LogP contribution in [0.5, 0.6) is 0 Å². The molecule has 0 radical (unpaired) electrons. The summed E-state index contributed by atoms with van der Waals surface area (Å²) < 4.78 is 0. The molecule has 0 aliphatic heterocycles. The highest BCUT2D eigenvalue weighted by molar-refractivity contribution is 6.06. The number of anilines is 1. The van der Waals surface area contributed by atoms with E-state index in [1.807, 2.05) is 36.4 Å². The number of aromatic nitrogens is 1. The average molecular weight is 349 g/mol. The molecule has 1 N–H and O–H groups in total. The molecule has 1 heterocycles. The van der Waals surface area contributed by atoms with Crippen molar-refractivity contribution in [3.8, 4) is 11.3 Å². The van der Waals surface area contributed by atoms with E-state index in [2.05, 4.69) is 10.3 Å². The number of hydroxylamine groups is 2.